The van der Waals surface area contributed by atoms with Crippen molar-refractivity contribution < 1.29 is 33.4 Å². The molecule has 230 valence electrons. The molecule has 3 aromatic rings. The molecule has 0 aliphatic heterocycles. The van der Waals surface area contributed by atoms with E-state index in [1.54, 1.807) is 52.0 Å². The van der Waals surface area contributed by atoms with Gasteiger partial charge in [0, 0.05) is 18.3 Å². The zero-order valence-corrected chi connectivity index (χ0v) is 24.7. The number of carbonyl (C=O) groups excluding carboxylic acids is 3. The largest absolute Gasteiger partial charge is 0.481 e. The molecule has 0 bridgehead atoms. The topological polar surface area (TPSA) is 196 Å². The Morgan fingerprint density at radius 2 is 1.93 bits per heavy atom. The molecule has 5 rings (SSSR count). The first-order chi connectivity index (χ1) is 20.7. The van der Waals surface area contributed by atoms with Gasteiger partial charge in [-0.1, -0.05) is 24.3 Å². The van der Waals surface area contributed by atoms with Gasteiger partial charge in [-0.05, 0) is 58.6 Å². The van der Waals surface area contributed by atoms with E-state index in [0.717, 1.165) is 19.1 Å². The predicted octanol–water partition coefficient (Wildman–Crippen LogP) is 3.98. The monoisotopic (exact) mass is 603 g/mol. The van der Waals surface area contributed by atoms with Crippen LogP contribution in [0.4, 0.5) is 16.3 Å². The summed E-state index contributed by atoms with van der Waals surface area (Å²) >= 11 is 0. The maximum atomic E-state index is 13.1. The van der Waals surface area contributed by atoms with Gasteiger partial charge >= 0.3 is 12.1 Å². The van der Waals surface area contributed by atoms with Gasteiger partial charge in [0.2, 0.25) is 5.89 Å². The van der Waals surface area contributed by atoms with E-state index in [-0.39, 0.29) is 23.0 Å². The zero-order chi connectivity index (χ0) is 31.8. The molecule has 4 N–H and O–H groups in total. The van der Waals surface area contributed by atoms with Crippen LogP contribution in [0.3, 0.4) is 0 Å². The quantitative estimate of drug-likeness (QED) is 0.301. The lowest BCUT2D eigenvalue weighted by molar-refractivity contribution is -0.138. The van der Waals surface area contributed by atoms with Gasteiger partial charge in [-0.25, -0.2) is 14.8 Å². The Balaban J connectivity index is 1.35. The molecule has 3 amide bonds. The number of nitrogens with one attached hydrogen (secondary N) is 1. The van der Waals surface area contributed by atoms with Crippen LogP contribution in [0.5, 0.6) is 0 Å². The van der Waals surface area contributed by atoms with Gasteiger partial charge in [-0.2, -0.15) is 5.10 Å². The highest BCUT2D eigenvalue weighted by atomic mass is 16.6. The Labute approximate surface area is 252 Å². The number of nitrogens with two attached hydrogens (primary N) is 1. The van der Waals surface area contributed by atoms with E-state index >= 15 is 0 Å². The van der Waals surface area contributed by atoms with Crippen molar-refractivity contribution in [3.05, 3.63) is 66.5 Å². The predicted molar refractivity (Wildman–Crippen MR) is 158 cm³/mol. The minimum atomic E-state index is -1.00. The number of amides is 3. The molecule has 0 atom stereocenters. The average molecular weight is 604 g/mol. The Kier molecular flexibility index (Phi) is 7.84. The third-order valence-electron chi connectivity index (χ3n) is 7.01. The van der Waals surface area contributed by atoms with Crippen LogP contribution in [0.1, 0.15) is 61.5 Å². The fraction of sp³-hybridized carbons (Fsp3) is 0.367. The third-order valence-corrected chi connectivity index (χ3v) is 7.01. The molecule has 3 heterocycles. The lowest BCUT2D eigenvalue weighted by Crippen LogP contribution is -2.38. The van der Waals surface area contributed by atoms with E-state index in [2.05, 4.69) is 20.4 Å². The minimum absolute atomic E-state index is 0.0368. The van der Waals surface area contributed by atoms with E-state index in [1.165, 1.54) is 34.1 Å². The first kappa shape index (κ1) is 30.2. The smallest absolute Gasteiger partial charge is 0.416 e. The number of anilines is 2. The van der Waals surface area contributed by atoms with E-state index in [9.17, 15) is 24.3 Å². The van der Waals surface area contributed by atoms with Crippen molar-refractivity contribution in [2.45, 2.75) is 51.7 Å². The molecule has 1 saturated carbocycles. The van der Waals surface area contributed by atoms with Gasteiger partial charge in [0.25, 0.3) is 11.8 Å². The number of rotatable bonds is 9. The maximum absolute atomic E-state index is 13.1. The summed E-state index contributed by atoms with van der Waals surface area (Å²) in [7, 11) is 0. The summed E-state index contributed by atoms with van der Waals surface area (Å²) in [4.78, 5) is 59.7. The summed E-state index contributed by atoms with van der Waals surface area (Å²) < 4.78 is 12.6. The van der Waals surface area contributed by atoms with Crippen LogP contribution in [0.15, 0.2) is 59.5 Å². The van der Waals surface area contributed by atoms with Crippen molar-refractivity contribution in [2.75, 3.05) is 16.8 Å². The second kappa shape index (κ2) is 11.4. The van der Waals surface area contributed by atoms with E-state index < -0.39 is 40.9 Å². The van der Waals surface area contributed by atoms with Crippen molar-refractivity contribution in [1.29, 1.82) is 0 Å². The number of hydrogen-bond acceptors (Lipinski definition) is 9. The second-order valence-electron chi connectivity index (χ2n) is 11.9. The summed E-state index contributed by atoms with van der Waals surface area (Å²) in [6, 6.07) is 3.27. The summed E-state index contributed by atoms with van der Waals surface area (Å²) in [6.45, 7) is 7.60. The molecule has 0 saturated heterocycles. The fourth-order valence-electron chi connectivity index (χ4n) is 4.46. The SMILES string of the molecule is CC(C)(C)OC(=O)N(CC1CC1)c1cc(-c2nc(C(=O)Nc3cn(C4(C)C=CC(C(=O)O)C=C4)nc3C(N)=O)co2)ccn1. The first-order valence-electron chi connectivity index (χ1n) is 14.0. The summed E-state index contributed by atoms with van der Waals surface area (Å²) in [5.74, 6) is -2.51. The first-order valence-corrected chi connectivity index (χ1v) is 14.0. The number of pyridine rings is 1. The van der Waals surface area contributed by atoms with Crippen molar-refractivity contribution in [2.24, 2.45) is 17.6 Å². The highest BCUT2D eigenvalue weighted by molar-refractivity contribution is 6.07. The van der Waals surface area contributed by atoms with Crippen LogP contribution in [0.2, 0.25) is 0 Å². The standard InChI is InChI=1S/C30H33N7O7/c1-29(2,3)44-28(42)36(14-17-5-6-17)22-13-19(9-12-32-22)26-34-21(16-43-26)25(39)33-20-15-37(35-23(20)24(31)38)30(4)10-7-18(8-11-30)27(40)41/h7-13,15-18H,5-6,14H2,1-4H3,(H2,31,38)(H,33,39)(H,40,41). The summed E-state index contributed by atoms with van der Waals surface area (Å²) in [6.07, 6.45) is 11.9. The molecule has 1 fully saturated rings. The van der Waals surface area contributed by atoms with E-state index in [1.807, 2.05) is 0 Å². The third kappa shape index (κ3) is 6.69. The van der Waals surface area contributed by atoms with Gasteiger partial charge in [0.05, 0.1) is 23.3 Å². The summed E-state index contributed by atoms with van der Waals surface area (Å²) in [5, 5.41) is 16.1. The van der Waals surface area contributed by atoms with Crippen LogP contribution in [0.25, 0.3) is 11.5 Å². The number of aliphatic carboxylic acids is 1. The van der Waals surface area contributed by atoms with Crippen LogP contribution >= 0.6 is 0 Å². The lowest BCUT2D eigenvalue weighted by atomic mass is 9.91. The normalized spacial score (nSPS) is 19.4. The molecule has 0 aromatic carbocycles. The van der Waals surface area contributed by atoms with Crippen LogP contribution in [-0.4, -0.2) is 60.9 Å². The van der Waals surface area contributed by atoms with Gasteiger partial charge in [-0.3, -0.25) is 24.0 Å². The molecule has 2 aliphatic carbocycles. The molecule has 44 heavy (non-hydrogen) atoms. The van der Waals surface area contributed by atoms with Gasteiger partial charge in [-0.15, -0.1) is 0 Å². The van der Waals surface area contributed by atoms with Gasteiger partial charge in [0.15, 0.2) is 11.4 Å². The number of oxazole rings is 1. The number of carboxylic acid groups (broad SMARTS) is 1. The average Bonchev–Trinajstić information content (AvgIpc) is 3.45. The molecule has 0 spiro atoms. The second-order valence-corrected chi connectivity index (χ2v) is 11.9. The van der Waals surface area contributed by atoms with Crippen molar-refractivity contribution >= 4 is 35.4 Å². The molecular weight excluding hydrogens is 570 g/mol. The number of hydrogen-bond donors (Lipinski definition) is 3. The Hall–Kier alpha value is -5.27. The minimum Gasteiger partial charge on any atom is -0.481 e. The Morgan fingerprint density at radius 3 is 2.55 bits per heavy atom. The number of carbonyl (C=O) groups is 4. The van der Waals surface area contributed by atoms with Crippen molar-refractivity contribution in [3.63, 3.8) is 0 Å². The van der Waals surface area contributed by atoms with Crippen LogP contribution in [0, 0.1) is 11.8 Å². The van der Waals surface area contributed by atoms with E-state index in [4.69, 9.17) is 14.9 Å². The molecule has 2 aliphatic rings. The number of carboxylic acids is 1. The van der Waals surface area contributed by atoms with Gasteiger partial charge in [0.1, 0.15) is 17.7 Å². The maximum Gasteiger partial charge on any atom is 0.416 e. The molecule has 3 aromatic heterocycles. The highest BCUT2D eigenvalue weighted by Gasteiger charge is 2.32. The fourth-order valence-corrected chi connectivity index (χ4v) is 4.46. The molecule has 14 heteroatoms. The van der Waals surface area contributed by atoms with Crippen molar-refractivity contribution in [1.82, 2.24) is 19.7 Å². The molecule has 0 unspecified atom stereocenters. The number of allylic oxidation sites excluding steroid dienone is 2. The Morgan fingerprint density at radius 1 is 1.23 bits per heavy atom. The van der Waals surface area contributed by atoms with Crippen molar-refractivity contribution in [3.8, 4) is 11.5 Å². The molecule has 14 nitrogen and oxygen atoms in total. The highest BCUT2D eigenvalue weighted by Crippen LogP contribution is 2.33. The zero-order valence-electron chi connectivity index (χ0n) is 24.7. The lowest BCUT2D eigenvalue weighted by Gasteiger charge is -2.27. The van der Waals surface area contributed by atoms with Gasteiger partial charge < -0.3 is 25.3 Å². The number of ether oxygens (including phenoxy) is 1. The number of aromatic nitrogens is 4. The number of nitrogens with zero attached hydrogens (tertiary/aromatic N) is 5. The molecule has 0 radical (unpaired) electrons. The summed E-state index contributed by atoms with van der Waals surface area (Å²) in [5.41, 5.74) is 4.17. The molecular formula is C30H33N7O7. The Bertz CT molecular complexity index is 1660. The van der Waals surface area contributed by atoms with Crippen LogP contribution in [-0.2, 0) is 15.1 Å². The van der Waals surface area contributed by atoms with Crippen LogP contribution < -0.4 is 16.0 Å². The van der Waals surface area contributed by atoms with E-state index in [0.29, 0.717) is 23.8 Å². The number of primary amides is 1.